The highest BCUT2D eigenvalue weighted by Crippen LogP contribution is 2.23. The van der Waals surface area contributed by atoms with Crippen LogP contribution < -0.4 is 4.74 Å². The number of para-hydroxylation sites is 1. The maximum absolute atomic E-state index is 5.66. The minimum absolute atomic E-state index is 0.734. The Bertz CT molecular complexity index is 271. The van der Waals surface area contributed by atoms with Crippen molar-refractivity contribution in [2.75, 3.05) is 11.9 Å². The van der Waals surface area contributed by atoms with Crippen LogP contribution in [-0.2, 0) is 6.42 Å². The van der Waals surface area contributed by atoms with E-state index in [0.717, 1.165) is 24.1 Å². The molecule has 0 heterocycles. The average molecular weight is 243 g/mol. The van der Waals surface area contributed by atoms with Gasteiger partial charge in [-0.25, -0.2) is 0 Å². The van der Waals surface area contributed by atoms with Crippen LogP contribution in [0.15, 0.2) is 18.2 Å². The second kappa shape index (κ2) is 5.28. The van der Waals surface area contributed by atoms with Gasteiger partial charge in [0.1, 0.15) is 5.75 Å². The summed E-state index contributed by atoms with van der Waals surface area (Å²) >= 11 is 3.35. The molecule has 1 aromatic carbocycles. The van der Waals surface area contributed by atoms with Crippen molar-refractivity contribution in [1.82, 2.24) is 0 Å². The molecule has 1 nitrogen and oxygen atoms in total. The second-order valence-electron chi connectivity index (χ2n) is 2.95. The van der Waals surface area contributed by atoms with Crippen molar-refractivity contribution in [3.8, 4) is 5.75 Å². The molecule has 0 aromatic heterocycles. The van der Waals surface area contributed by atoms with Gasteiger partial charge in [0, 0.05) is 5.33 Å². The van der Waals surface area contributed by atoms with Gasteiger partial charge in [-0.3, -0.25) is 0 Å². The molecule has 0 radical (unpaired) electrons. The van der Waals surface area contributed by atoms with Crippen LogP contribution in [0.2, 0.25) is 0 Å². The predicted molar refractivity (Wildman–Crippen MR) is 59.8 cm³/mol. The minimum atomic E-state index is 0.734. The smallest absolute Gasteiger partial charge is 0.125 e. The first kappa shape index (κ1) is 10.6. The third-order valence-electron chi connectivity index (χ3n) is 2.00. The van der Waals surface area contributed by atoms with Crippen LogP contribution in [0.3, 0.4) is 0 Å². The van der Waals surface area contributed by atoms with Crippen LogP contribution in [-0.4, -0.2) is 11.9 Å². The van der Waals surface area contributed by atoms with Gasteiger partial charge in [0.05, 0.1) is 6.61 Å². The van der Waals surface area contributed by atoms with Crippen molar-refractivity contribution < 1.29 is 4.74 Å². The van der Waals surface area contributed by atoms with Crippen molar-refractivity contribution in [1.29, 1.82) is 0 Å². The van der Waals surface area contributed by atoms with Gasteiger partial charge in [-0.2, -0.15) is 0 Å². The zero-order valence-electron chi connectivity index (χ0n) is 8.14. The van der Waals surface area contributed by atoms with Crippen molar-refractivity contribution in [2.45, 2.75) is 20.3 Å². The van der Waals surface area contributed by atoms with E-state index < -0.39 is 0 Å². The quantitative estimate of drug-likeness (QED) is 0.737. The lowest BCUT2D eigenvalue weighted by atomic mass is 10.1. The summed E-state index contributed by atoms with van der Waals surface area (Å²) in [6, 6.07) is 6.29. The van der Waals surface area contributed by atoms with Gasteiger partial charge in [-0.05, 0) is 24.5 Å². The Labute approximate surface area is 88.2 Å². The molecule has 0 atom stereocenters. The van der Waals surface area contributed by atoms with E-state index in [0.29, 0.717) is 0 Å². The highest BCUT2D eigenvalue weighted by Gasteiger charge is 2.03. The summed E-state index contributed by atoms with van der Waals surface area (Å²) in [4.78, 5) is 0. The lowest BCUT2D eigenvalue weighted by Crippen LogP contribution is -2.02. The lowest BCUT2D eigenvalue weighted by Gasteiger charge is -2.11. The lowest BCUT2D eigenvalue weighted by molar-refractivity contribution is 0.339. The molecule has 2 heteroatoms. The summed E-state index contributed by atoms with van der Waals surface area (Å²) in [5.74, 6) is 1.06. The van der Waals surface area contributed by atoms with Crippen LogP contribution in [0.25, 0.3) is 0 Å². The summed E-state index contributed by atoms with van der Waals surface area (Å²) in [6.07, 6.45) is 1.03. The number of rotatable bonds is 4. The number of benzene rings is 1. The number of hydrogen-bond donors (Lipinski definition) is 0. The normalized spacial score (nSPS) is 10.1. The minimum Gasteiger partial charge on any atom is -0.492 e. The molecule has 0 bridgehead atoms. The monoisotopic (exact) mass is 242 g/mol. The van der Waals surface area contributed by atoms with Crippen LogP contribution in [0.1, 0.15) is 18.1 Å². The summed E-state index contributed by atoms with van der Waals surface area (Å²) in [6.45, 7) is 4.97. The van der Waals surface area contributed by atoms with E-state index in [1.54, 1.807) is 0 Å². The molecule has 0 fully saturated rings. The molecule has 0 N–H and O–H groups in total. The van der Waals surface area contributed by atoms with Crippen molar-refractivity contribution in [3.63, 3.8) is 0 Å². The third kappa shape index (κ3) is 2.73. The summed E-state index contributed by atoms with van der Waals surface area (Å²) in [5, 5.41) is 0.879. The molecule has 1 rings (SSSR count). The molecule has 0 aliphatic heterocycles. The Morgan fingerprint density at radius 1 is 1.38 bits per heavy atom. The number of hydrogen-bond acceptors (Lipinski definition) is 1. The second-order valence-corrected chi connectivity index (χ2v) is 3.75. The molecular formula is C11H15BrO. The van der Waals surface area contributed by atoms with Crippen LogP contribution >= 0.6 is 15.9 Å². The fourth-order valence-corrected chi connectivity index (χ4v) is 1.50. The topological polar surface area (TPSA) is 9.23 Å². The van der Waals surface area contributed by atoms with E-state index in [2.05, 4.69) is 48.0 Å². The van der Waals surface area contributed by atoms with Gasteiger partial charge in [0.25, 0.3) is 0 Å². The molecular weight excluding hydrogens is 228 g/mol. The van der Waals surface area contributed by atoms with Gasteiger partial charge in [0.2, 0.25) is 0 Å². The summed E-state index contributed by atoms with van der Waals surface area (Å²) < 4.78 is 5.66. The Kier molecular flexibility index (Phi) is 4.29. The van der Waals surface area contributed by atoms with Crippen molar-refractivity contribution >= 4 is 15.9 Å². The molecule has 1 aromatic rings. The molecule has 13 heavy (non-hydrogen) atoms. The first-order chi connectivity index (χ1) is 6.29. The van der Waals surface area contributed by atoms with E-state index in [1.165, 1.54) is 11.1 Å². The van der Waals surface area contributed by atoms with E-state index >= 15 is 0 Å². The zero-order chi connectivity index (χ0) is 9.68. The van der Waals surface area contributed by atoms with E-state index in [-0.39, 0.29) is 0 Å². The highest BCUT2D eigenvalue weighted by molar-refractivity contribution is 9.09. The molecule has 0 saturated carbocycles. The van der Waals surface area contributed by atoms with Crippen molar-refractivity contribution in [3.05, 3.63) is 29.3 Å². The third-order valence-corrected chi connectivity index (χ3v) is 2.32. The highest BCUT2D eigenvalue weighted by atomic mass is 79.9. The predicted octanol–water partition coefficient (Wildman–Crippen LogP) is 3.33. The van der Waals surface area contributed by atoms with Gasteiger partial charge in [-0.15, -0.1) is 0 Å². The fraction of sp³-hybridized carbons (Fsp3) is 0.455. The molecule has 0 aliphatic carbocycles. The van der Waals surface area contributed by atoms with Gasteiger partial charge >= 0.3 is 0 Å². The van der Waals surface area contributed by atoms with E-state index in [4.69, 9.17) is 4.74 Å². The van der Waals surface area contributed by atoms with Crippen LogP contribution in [0.4, 0.5) is 0 Å². The molecule has 0 saturated heterocycles. The first-order valence-electron chi connectivity index (χ1n) is 4.56. The largest absolute Gasteiger partial charge is 0.492 e. The number of alkyl halides is 1. The SMILES string of the molecule is CCc1cccc(C)c1OCCBr. The number of halogens is 1. The fourth-order valence-electron chi connectivity index (χ4n) is 1.34. The average Bonchev–Trinajstić information content (AvgIpc) is 2.15. The van der Waals surface area contributed by atoms with Crippen LogP contribution in [0.5, 0.6) is 5.75 Å². The summed E-state index contributed by atoms with van der Waals surface area (Å²) in [5.41, 5.74) is 2.52. The van der Waals surface area contributed by atoms with Gasteiger partial charge in [0.15, 0.2) is 0 Å². The standard InChI is InChI=1S/C11H15BrO/c1-3-10-6-4-5-9(2)11(10)13-8-7-12/h4-6H,3,7-8H2,1-2H3. The maximum atomic E-state index is 5.66. The Hall–Kier alpha value is -0.500. The van der Waals surface area contributed by atoms with Crippen molar-refractivity contribution in [2.24, 2.45) is 0 Å². The zero-order valence-corrected chi connectivity index (χ0v) is 9.73. The Balaban J connectivity index is 2.87. The van der Waals surface area contributed by atoms with Crippen LogP contribution in [0, 0.1) is 6.92 Å². The van der Waals surface area contributed by atoms with E-state index in [9.17, 15) is 0 Å². The van der Waals surface area contributed by atoms with E-state index in [1.807, 2.05) is 0 Å². The Morgan fingerprint density at radius 3 is 2.77 bits per heavy atom. The Morgan fingerprint density at radius 2 is 2.15 bits per heavy atom. The van der Waals surface area contributed by atoms with Gasteiger partial charge in [-0.1, -0.05) is 41.1 Å². The number of ether oxygens (including phenoxy) is 1. The maximum Gasteiger partial charge on any atom is 0.125 e. The summed E-state index contributed by atoms with van der Waals surface area (Å²) in [7, 11) is 0. The molecule has 0 amide bonds. The number of aryl methyl sites for hydroxylation is 2. The molecule has 0 aliphatic rings. The molecule has 0 spiro atoms. The first-order valence-corrected chi connectivity index (χ1v) is 5.69. The molecule has 72 valence electrons. The molecule has 0 unspecified atom stereocenters. The van der Waals surface area contributed by atoms with Gasteiger partial charge < -0.3 is 4.74 Å².